The molecule has 64 heavy (non-hydrogen) atoms. The van der Waals surface area contributed by atoms with Crippen molar-refractivity contribution in [3.63, 3.8) is 0 Å². The largest absolute Gasteiger partial charge is 0.310 e. The molecule has 2 heterocycles. The summed E-state index contributed by atoms with van der Waals surface area (Å²) in [6.45, 7) is 0. The van der Waals surface area contributed by atoms with Crippen LogP contribution in [0.25, 0.3) is 66.1 Å². The molecule has 0 fully saturated rings. The van der Waals surface area contributed by atoms with Crippen molar-refractivity contribution in [1.29, 1.82) is 0 Å². The third-order valence-electron chi connectivity index (χ3n) is 12.4. The number of fused-ring (bicyclic) bond motifs is 6. The molecule has 0 saturated heterocycles. The molecule has 0 atom stereocenters. The molecule has 0 spiro atoms. The summed E-state index contributed by atoms with van der Waals surface area (Å²) in [7, 11) is 0. The highest BCUT2D eigenvalue weighted by Crippen LogP contribution is 2.42. The second-order valence-corrected chi connectivity index (χ2v) is 16.2. The lowest BCUT2D eigenvalue weighted by Gasteiger charge is -2.25. The molecular formula is C60H42N4. The molecule has 12 rings (SSSR count). The number of para-hydroxylation sites is 6. The van der Waals surface area contributed by atoms with Crippen LogP contribution in [0, 0.1) is 0 Å². The van der Waals surface area contributed by atoms with E-state index in [0.717, 1.165) is 67.7 Å². The van der Waals surface area contributed by atoms with E-state index in [1.165, 1.54) is 32.6 Å². The minimum atomic E-state index is 1.10. The normalized spacial score (nSPS) is 11.4. The highest BCUT2D eigenvalue weighted by atomic mass is 15.2. The van der Waals surface area contributed by atoms with Gasteiger partial charge in [-0.2, -0.15) is 0 Å². The lowest BCUT2D eigenvalue weighted by molar-refractivity contribution is 1.17. The predicted molar refractivity (Wildman–Crippen MR) is 270 cm³/mol. The number of aromatic nitrogens is 2. The van der Waals surface area contributed by atoms with Gasteiger partial charge in [-0.3, -0.25) is 0 Å². The second kappa shape index (κ2) is 15.7. The molecule has 12 aromatic rings. The first kappa shape index (κ1) is 37.2. The van der Waals surface area contributed by atoms with E-state index in [1.807, 2.05) is 0 Å². The maximum absolute atomic E-state index is 2.43. The van der Waals surface area contributed by atoms with Crippen LogP contribution in [-0.2, 0) is 0 Å². The van der Waals surface area contributed by atoms with Crippen LogP contribution < -0.4 is 9.80 Å². The molecular weight excluding hydrogens is 777 g/mol. The summed E-state index contributed by atoms with van der Waals surface area (Å²) in [6.07, 6.45) is 0. The summed E-state index contributed by atoms with van der Waals surface area (Å²) >= 11 is 0. The van der Waals surface area contributed by atoms with Gasteiger partial charge in [0.1, 0.15) is 0 Å². The van der Waals surface area contributed by atoms with Crippen molar-refractivity contribution >= 4 is 77.7 Å². The number of benzene rings is 10. The van der Waals surface area contributed by atoms with Gasteiger partial charge in [-0.05, 0) is 120 Å². The van der Waals surface area contributed by atoms with Crippen molar-refractivity contribution in [2.24, 2.45) is 0 Å². The molecule has 0 aliphatic heterocycles. The monoisotopic (exact) mass is 818 g/mol. The van der Waals surface area contributed by atoms with Crippen LogP contribution in [0.1, 0.15) is 0 Å². The molecule has 0 aliphatic rings. The van der Waals surface area contributed by atoms with E-state index < -0.39 is 0 Å². The van der Waals surface area contributed by atoms with Crippen LogP contribution in [0.3, 0.4) is 0 Å². The molecule has 0 N–H and O–H groups in total. The zero-order chi connectivity index (χ0) is 42.4. The fourth-order valence-corrected chi connectivity index (χ4v) is 9.60. The van der Waals surface area contributed by atoms with Crippen molar-refractivity contribution in [3.05, 3.63) is 255 Å². The van der Waals surface area contributed by atoms with Gasteiger partial charge >= 0.3 is 0 Å². The topological polar surface area (TPSA) is 16.3 Å². The Balaban J connectivity index is 0.996. The molecule has 2 aromatic heterocycles. The molecule has 0 bridgehead atoms. The number of nitrogens with zero attached hydrogens (tertiary/aromatic N) is 4. The lowest BCUT2D eigenvalue weighted by Crippen LogP contribution is -2.09. The van der Waals surface area contributed by atoms with E-state index in [1.54, 1.807) is 0 Å². The quantitative estimate of drug-likeness (QED) is 0.144. The predicted octanol–water partition coefficient (Wildman–Crippen LogP) is 16.5. The minimum absolute atomic E-state index is 1.10. The zero-order valence-electron chi connectivity index (χ0n) is 35.0. The van der Waals surface area contributed by atoms with Gasteiger partial charge in [0.05, 0.1) is 22.1 Å². The van der Waals surface area contributed by atoms with E-state index in [2.05, 4.69) is 274 Å². The number of hydrogen-bond donors (Lipinski definition) is 0. The van der Waals surface area contributed by atoms with E-state index >= 15 is 0 Å². The maximum Gasteiger partial charge on any atom is 0.0561 e. The van der Waals surface area contributed by atoms with E-state index in [4.69, 9.17) is 0 Å². The third-order valence-corrected chi connectivity index (χ3v) is 12.4. The molecule has 0 amide bonds. The van der Waals surface area contributed by atoms with Crippen LogP contribution in [0.2, 0.25) is 0 Å². The average molecular weight is 819 g/mol. The Bertz CT molecular complexity index is 3290. The van der Waals surface area contributed by atoms with Gasteiger partial charge in [0.25, 0.3) is 0 Å². The standard InChI is InChI=1S/C60H42N4/c1-5-21-45(22-6-1)61(46-23-7-2-8-24-46)51-35-37-55-53-31-13-15-33-57(53)63(59(55)41-51)49-29-17-19-43(39-49)44-20-18-30-50(40-44)64-58-34-16-14-32-54(58)56-38-36-52(42-60(56)64)62(47-25-9-3-10-26-47)48-27-11-4-12-28-48/h1-42H. The van der Waals surface area contributed by atoms with Crippen LogP contribution in [-0.4, -0.2) is 9.13 Å². The van der Waals surface area contributed by atoms with E-state index in [-0.39, 0.29) is 0 Å². The van der Waals surface area contributed by atoms with E-state index in [0.29, 0.717) is 0 Å². The van der Waals surface area contributed by atoms with Crippen molar-refractivity contribution in [1.82, 2.24) is 9.13 Å². The van der Waals surface area contributed by atoms with E-state index in [9.17, 15) is 0 Å². The summed E-state index contributed by atoms with van der Waals surface area (Å²) in [5, 5.41) is 4.89. The van der Waals surface area contributed by atoms with Gasteiger partial charge < -0.3 is 18.9 Å². The van der Waals surface area contributed by atoms with Crippen molar-refractivity contribution in [3.8, 4) is 22.5 Å². The van der Waals surface area contributed by atoms with Gasteiger partial charge in [-0.15, -0.1) is 0 Å². The fraction of sp³-hybridized carbons (Fsp3) is 0. The third kappa shape index (κ3) is 6.40. The molecule has 0 saturated carbocycles. The number of anilines is 6. The van der Waals surface area contributed by atoms with Crippen LogP contribution in [0.15, 0.2) is 255 Å². The Morgan fingerprint density at radius 1 is 0.219 bits per heavy atom. The van der Waals surface area contributed by atoms with Gasteiger partial charge in [-0.25, -0.2) is 0 Å². The van der Waals surface area contributed by atoms with Crippen molar-refractivity contribution in [2.45, 2.75) is 0 Å². The first-order valence-corrected chi connectivity index (χ1v) is 21.8. The van der Waals surface area contributed by atoms with Gasteiger partial charge in [0.15, 0.2) is 0 Å². The average Bonchev–Trinajstić information content (AvgIpc) is 3.88. The van der Waals surface area contributed by atoms with Crippen LogP contribution in [0.5, 0.6) is 0 Å². The summed E-state index contributed by atoms with van der Waals surface area (Å²) in [5.74, 6) is 0. The number of hydrogen-bond acceptors (Lipinski definition) is 2. The zero-order valence-corrected chi connectivity index (χ0v) is 35.0. The maximum atomic E-state index is 2.43. The molecule has 4 nitrogen and oxygen atoms in total. The second-order valence-electron chi connectivity index (χ2n) is 16.2. The van der Waals surface area contributed by atoms with Gasteiger partial charge in [0, 0.05) is 67.0 Å². The molecule has 302 valence electrons. The summed E-state index contributed by atoms with van der Waals surface area (Å²) < 4.78 is 4.85. The fourth-order valence-electron chi connectivity index (χ4n) is 9.60. The first-order chi connectivity index (χ1) is 31.8. The Hall–Kier alpha value is -8.60. The van der Waals surface area contributed by atoms with Crippen LogP contribution in [0.4, 0.5) is 34.1 Å². The van der Waals surface area contributed by atoms with Crippen molar-refractivity contribution < 1.29 is 0 Å². The molecule has 0 aliphatic carbocycles. The van der Waals surface area contributed by atoms with Gasteiger partial charge in [0.2, 0.25) is 0 Å². The molecule has 0 radical (unpaired) electrons. The Kier molecular flexibility index (Phi) is 9.12. The Morgan fingerprint density at radius 2 is 0.547 bits per heavy atom. The SMILES string of the molecule is c1ccc(N(c2ccccc2)c2ccc3c4ccccc4n(-c4cccc(-c5cccc(-n6c7ccccc7c7ccc(N(c8ccccc8)c8ccccc8)cc76)c5)c4)c3c2)cc1. The molecule has 4 heteroatoms. The highest BCUT2D eigenvalue weighted by Gasteiger charge is 2.20. The smallest absolute Gasteiger partial charge is 0.0561 e. The highest BCUT2D eigenvalue weighted by molar-refractivity contribution is 6.11. The van der Waals surface area contributed by atoms with Crippen LogP contribution >= 0.6 is 0 Å². The summed E-state index contributed by atoms with van der Waals surface area (Å²) in [5.41, 5.74) is 15.8. The molecule has 0 unspecified atom stereocenters. The minimum Gasteiger partial charge on any atom is -0.310 e. The molecule has 10 aromatic carbocycles. The Morgan fingerprint density at radius 3 is 0.922 bits per heavy atom. The number of rotatable bonds is 9. The summed E-state index contributed by atoms with van der Waals surface area (Å²) in [6, 6.07) is 91.8. The first-order valence-electron chi connectivity index (χ1n) is 21.8. The Labute approximate surface area is 372 Å². The van der Waals surface area contributed by atoms with Crippen molar-refractivity contribution in [2.75, 3.05) is 9.80 Å². The summed E-state index contributed by atoms with van der Waals surface area (Å²) in [4.78, 5) is 4.67. The van der Waals surface area contributed by atoms with Gasteiger partial charge in [-0.1, -0.05) is 146 Å². The lowest BCUT2D eigenvalue weighted by atomic mass is 10.0.